The largest absolute Gasteiger partial charge is 0.0864 e. The molecule has 0 amide bonds. The van der Waals surface area contributed by atoms with Gasteiger partial charge in [-0.25, -0.2) is 0 Å². The van der Waals surface area contributed by atoms with Crippen LogP contribution in [0, 0.1) is 5.92 Å². The molecule has 0 aliphatic rings. The Morgan fingerprint density at radius 2 is 1.43 bits per heavy atom. The van der Waals surface area contributed by atoms with E-state index in [1.807, 2.05) is 0 Å². The van der Waals surface area contributed by atoms with Gasteiger partial charge in [0.15, 0.2) is 0 Å². The maximum atomic E-state index is 2.52. The first-order chi connectivity index (χ1) is 6.85. The summed E-state index contributed by atoms with van der Waals surface area (Å²) in [5.41, 5.74) is 0. The maximum Gasteiger partial charge on any atom is -0.000209 e. The molecule has 0 aromatic carbocycles. The molecule has 0 saturated carbocycles. The van der Waals surface area contributed by atoms with Gasteiger partial charge in [0.05, 0.1) is 0 Å². The summed E-state index contributed by atoms with van der Waals surface area (Å²) in [6, 6.07) is 0. The van der Waals surface area contributed by atoms with Crippen molar-refractivity contribution in [1.29, 1.82) is 0 Å². The van der Waals surface area contributed by atoms with Crippen molar-refractivity contribution in [1.82, 2.24) is 0 Å². The molecule has 14 heavy (non-hydrogen) atoms. The number of hydrogen-bond acceptors (Lipinski definition) is 0. The molecule has 86 valence electrons. The van der Waals surface area contributed by atoms with Crippen LogP contribution in [0.3, 0.4) is 0 Å². The van der Waals surface area contributed by atoms with Gasteiger partial charge >= 0.3 is 0 Å². The highest BCUT2D eigenvalue weighted by Crippen LogP contribution is 2.21. The first-order valence-electron chi connectivity index (χ1n) is 6.41. The van der Waals surface area contributed by atoms with Gasteiger partial charge in [-0.15, -0.1) is 0 Å². The molecule has 1 atom stereocenters. The van der Waals surface area contributed by atoms with Crippen LogP contribution in [0.1, 0.15) is 71.6 Å². The van der Waals surface area contributed by atoms with E-state index in [1.54, 1.807) is 0 Å². The lowest BCUT2D eigenvalue weighted by Crippen LogP contribution is -2.01. The molecule has 1 heteroatoms. The summed E-state index contributed by atoms with van der Waals surface area (Å²) in [5.74, 6) is 1.03. The summed E-state index contributed by atoms with van der Waals surface area (Å²) in [6.07, 6.45) is 13.0. The molecule has 0 aliphatic heterocycles. The van der Waals surface area contributed by atoms with Crippen molar-refractivity contribution in [2.45, 2.75) is 71.6 Å². The van der Waals surface area contributed by atoms with E-state index in [0.29, 0.717) is 0 Å². The van der Waals surface area contributed by atoms with E-state index in [2.05, 4.69) is 36.4 Å². The molecule has 0 rings (SSSR count). The number of halogens is 1. The lowest BCUT2D eigenvalue weighted by Gasteiger charge is -2.14. The Balaban J connectivity index is 3.40. The first kappa shape index (κ1) is 14.7. The summed E-state index contributed by atoms with van der Waals surface area (Å²) < 4.78 is 1.35. The van der Waals surface area contributed by atoms with Crippen LogP contribution in [0.5, 0.6) is 0 Å². The number of hydrogen-bond donors (Lipinski definition) is 0. The smallest absolute Gasteiger partial charge is 0.000209 e. The molecule has 0 nitrogen and oxygen atoms in total. The molecule has 0 bridgehead atoms. The maximum absolute atomic E-state index is 2.52. The molecular weight excluding hydrogens is 283 g/mol. The van der Waals surface area contributed by atoms with E-state index in [4.69, 9.17) is 0 Å². The molecule has 0 saturated heterocycles. The van der Waals surface area contributed by atoms with Gasteiger partial charge in [0.1, 0.15) is 0 Å². The zero-order valence-corrected chi connectivity index (χ0v) is 12.2. The zero-order valence-electron chi connectivity index (χ0n) is 10.0. The van der Waals surface area contributed by atoms with Gasteiger partial charge in [0, 0.05) is 0 Å². The Kier molecular flexibility index (Phi) is 12.4. The Bertz CT molecular complexity index is 101. The Labute approximate surface area is 104 Å². The number of unbranched alkanes of at least 4 members (excludes halogenated alkanes) is 4. The lowest BCUT2D eigenvalue weighted by molar-refractivity contribution is 0.406. The molecule has 0 aromatic rings. The predicted octanol–water partition coefficient (Wildman–Crippen LogP) is 5.59. The van der Waals surface area contributed by atoms with E-state index < -0.39 is 0 Å². The third kappa shape index (κ3) is 9.29. The summed E-state index contributed by atoms with van der Waals surface area (Å²) in [4.78, 5) is 0. The minimum atomic E-state index is 1.03. The summed E-state index contributed by atoms with van der Waals surface area (Å²) >= 11 is 2.52. The van der Waals surface area contributed by atoms with E-state index in [9.17, 15) is 0 Å². The Morgan fingerprint density at radius 1 is 0.786 bits per heavy atom. The third-order valence-corrected chi connectivity index (χ3v) is 3.57. The van der Waals surface area contributed by atoms with Crippen molar-refractivity contribution in [3.05, 3.63) is 0 Å². The average molecular weight is 310 g/mol. The SMILES string of the molecule is CCCCCC[C@@H](CCI)CCCC. The van der Waals surface area contributed by atoms with Gasteiger partial charge in [0.25, 0.3) is 0 Å². The summed E-state index contributed by atoms with van der Waals surface area (Å²) in [5, 5.41) is 0. The molecule has 0 radical (unpaired) electrons. The van der Waals surface area contributed by atoms with Crippen molar-refractivity contribution >= 4 is 22.6 Å². The highest BCUT2D eigenvalue weighted by molar-refractivity contribution is 14.1. The van der Waals surface area contributed by atoms with Crippen LogP contribution in [0.25, 0.3) is 0 Å². The van der Waals surface area contributed by atoms with Gasteiger partial charge < -0.3 is 0 Å². The van der Waals surface area contributed by atoms with Crippen LogP contribution in [-0.4, -0.2) is 4.43 Å². The third-order valence-electron chi connectivity index (χ3n) is 2.95. The Hall–Kier alpha value is 0.730. The molecule has 0 spiro atoms. The lowest BCUT2D eigenvalue weighted by atomic mass is 9.93. The minimum absolute atomic E-state index is 1.03. The second kappa shape index (κ2) is 11.8. The molecular formula is C13H27I. The first-order valence-corrected chi connectivity index (χ1v) is 7.93. The van der Waals surface area contributed by atoms with E-state index in [1.165, 1.54) is 62.2 Å². The molecule has 0 unspecified atom stereocenters. The average Bonchev–Trinajstić information content (AvgIpc) is 2.20. The van der Waals surface area contributed by atoms with Gasteiger partial charge in [-0.2, -0.15) is 0 Å². The van der Waals surface area contributed by atoms with Gasteiger partial charge in [-0.3, -0.25) is 0 Å². The fourth-order valence-electron chi connectivity index (χ4n) is 1.94. The molecule has 0 fully saturated rings. The summed E-state index contributed by atoms with van der Waals surface area (Å²) in [6.45, 7) is 4.59. The highest BCUT2D eigenvalue weighted by atomic mass is 127. The number of alkyl halides is 1. The normalized spacial score (nSPS) is 13.1. The van der Waals surface area contributed by atoms with Crippen molar-refractivity contribution in [3.63, 3.8) is 0 Å². The van der Waals surface area contributed by atoms with Crippen LogP contribution in [-0.2, 0) is 0 Å². The van der Waals surface area contributed by atoms with Crippen molar-refractivity contribution < 1.29 is 0 Å². The van der Waals surface area contributed by atoms with Gasteiger partial charge in [-0.1, -0.05) is 87.8 Å². The van der Waals surface area contributed by atoms with E-state index in [-0.39, 0.29) is 0 Å². The van der Waals surface area contributed by atoms with Crippen molar-refractivity contribution in [2.24, 2.45) is 5.92 Å². The number of rotatable bonds is 10. The molecule has 0 aromatic heterocycles. The fraction of sp³-hybridized carbons (Fsp3) is 1.00. The van der Waals surface area contributed by atoms with Crippen LogP contribution in [0.2, 0.25) is 0 Å². The molecule has 0 heterocycles. The standard InChI is InChI=1S/C13H27I/c1-3-5-7-8-10-13(11-12-14)9-6-4-2/h13H,3-12H2,1-2H3/t13-/m0/s1. The van der Waals surface area contributed by atoms with Crippen LogP contribution >= 0.6 is 22.6 Å². The van der Waals surface area contributed by atoms with Crippen molar-refractivity contribution in [3.8, 4) is 0 Å². The van der Waals surface area contributed by atoms with Crippen LogP contribution in [0.15, 0.2) is 0 Å². The van der Waals surface area contributed by atoms with Crippen LogP contribution in [0.4, 0.5) is 0 Å². The molecule has 0 aliphatic carbocycles. The summed E-state index contributed by atoms with van der Waals surface area (Å²) in [7, 11) is 0. The monoisotopic (exact) mass is 310 g/mol. The zero-order chi connectivity index (χ0) is 10.6. The minimum Gasteiger partial charge on any atom is -0.0864 e. The van der Waals surface area contributed by atoms with E-state index in [0.717, 1.165) is 5.92 Å². The highest BCUT2D eigenvalue weighted by Gasteiger charge is 2.06. The van der Waals surface area contributed by atoms with E-state index >= 15 is 0 Å². The second-order valence-electron chi connectivity index (χ2n) is 4.34. The second-order valence-corrected chi connectivity index (χ2v) is 5.41. The Morgan fingerprint density at radius 3 is 2.00 bits per heavy atom. The van der Waals surface area contributed by atoms with Gasteiger partial charge in [-0.05, 0) is 16.8 Å². The quantitative estimate of drug-likeness (QED) is 0.280. The predicted molar refractivity (Wildman–Crippen MR) is 75.3 cm³/mol. The topological polar surface area (TPSA) is 0 Å². The van der Waals surface area contributed by atoms with Crippen LogP contribution < -0.4 is 0 Å². The van der Waals surface area contributed by atoms with Crippen molar-refractivity contribution in [2.75, 3.05) is 4.43 Å². The fourth-order valence-corrected chi connectivity index (χ4v) is 2.82. The van der Waals surface area contributed by atoms with Gasteiger partial charge in [0.2, 0.25) is 0 Å². The molecule has 0 N–H and O–H groups in total.